The zero-order valence-corrected chi connectivity index (χ0v) is 26.8. The standard InChI is InChI=1S/C36H32O16/c37-12-27-31(45)32(46)33(47)35(50-27)48-15-7-21(42)28-16-11-36(51-25(28)8-15,14-2-4-18(39)20(41)6-14)52-26-10-23(44)30-22(43)9-24(49-34(30)29(16)26)13-1-3-17(38)19(40)5-13/h1-8,10,16,24,27,31-33,35,37-42,44-47H,9,11-12H2/t16-,24-,27-,31-,32+,33-,35-,36-/m1/s1. The average Bonchev–Trinajstić information content (AvgIpc) is 3.10. The SMILES string of the molecule is O=C1C[C@H](c2ccc(O)c(O)c2)Oc2c1c(O)cc1c2[C@@H]2C[C@@](c3ccc(O)c(O)c3)(Oc3cc(O[C@@H]4O[C@H](CO)[C@@H](O)[C@H](O)[C@H]4O)cc(O)c32)O1. The first-order valence-corrected chi connectivity index (χ1v) is 16.1. The molecular weight excluding hydrogens is 688 g/mol. The number of rotatable bonds is 5. The van der Waals surface area contributed by atoms with Crippen LogP contribution in [-0.4, -0.2) is 94.2 Å². The molecule has 1 saturated heterocycles. The molecule has 4 aromatic carbocycles. The normalized spacial score (nSPS) is 28.7. The number of Topliss-reactive ketones (excluding diaryl/α,β-unsaturated/α-hetero) is 1. The van der Waals surface area contributed by atoms with Gasteiger partial charge >= 0.3 is 0 Å². The molecule has 8 rings (SSSR count). The van der Waals surface area contributed by atoms with Crippen molar-refractivity contribution in [3.8, 4) is 57.5 Å². The number of fused-ring (bicyclic) bond motifs is 8. The molecular formula is C36H32O16. The molecule has 0 radical (unpaired) electrons. The third-order valence-electron chi connectivity index (χ3n) is 9.87. The summed E-state index contributed by atoms with van der Waals surface area (Å²) in [6.07, 6.45) is -9.34. The molecule has 0 amide bonds. The molecule has 8 atom stereocenters. The number of aliphatic hydroxyl groups excluding tert-OH is 4. The van der Waals surface area contributed by atoms with Crippen LogP contribution < -0.4 is 18.9 Å². The fourth-order valence-corrected chi connectivity index (χ4v) is 7.29. The Morgan fingerprint density at radius 2 is 1.42 bits per heavy atom. The van der Waals surface area contributed by atoms with E-state index in [-0.39, 0.29) is 63.8 Å². The number of benzene rings is 4. The van der Waals surface area contributed by atoms with Crippen molar-refractivity contribution < 1.29 is 79.5 Å². The molecule has 4 aliphatic rings. The van der Waals surface area contributed by atoms with E-state index in [2.05, 4.69) is 0 Å². The molecule has 52 heavy (non-hydrogen) atoms. The van der Waals surface area contributed by atoms with Crippen LogP contribution in [0.3, 0.4) is 0 Å². The van der Waals surface area contributed by atoms with Crippen molar-refractivity contribution in [3.05, 3.63) is 82.4 Å². The van der Waals surface area contributed by atoms with Crippen LogP contribution in [0.2, 0.25) is 0 Å². The van der Waals surface area contributed by atoms with Crippen LogP contribution in [0.15, 0.2) is 54.6 Å². The third kappa shape index (κ3) is 5.14. The Hall–Kier alpha value is -5.65. The number of aromatic hydroxyl groups is 6. The van der Waals surface area contributed by atoms with Gasteiger partial charge in [0.05, 0.1) is 13.0 Å². The van der Waals surface area contributed by atoms with Gasteiger partial charge in [0.25, 0.3) is 5.79 Å². The van der Waals surface area contributed by atoms with Crippen molar-refractivity contribution in [2.75, 3.05) is 6.61 Å². The fourth-order valence-electron chi connectivity index (χ4n) is 7.29. The van der Waals surface area contributed by atoms with Crippen LogP contribution in [0, 0.1) is 0 Å². The topological polar surface area (TPSA) is 266 Å². The van der Waals surface area contributed by atoms with E-state index in [9.17, 15) is 55.9 Å². The predicted octanol–water partition coefficient (Wildman–Crippen LogP) is 1.97. The molecule has 16 heteroatoms. The molecule has 0 aliphatic carbocycles. The summed E-state index contributed by atoms with van der Waals surface area (Å²) >= 11 is 0. The van der Waals surface area contributed by atoms with E-state index in [0.717, 1.165) is 0 Å². The van der Waals surface area contributed by atoms with Crippen molar-refractivity contribution in [2.45, 2.75) is 61.4 Å². The number of phenolic OH excluding ortho intramolecular Hbond substituents is 6. The Labute approximate surface area is 293 Å². The minimum absolute atomic E-state index is 0.00577. The predicted molar refractivity (Wildman–Crippen MR) is 172 cm³/mol. The van der Waals surface area contributed by atoms with Crippen LogP contribution in [0.1, 0.15) is 57.5 Å². The highest BCUT2D eigenvalue weighted by molar-refractivity contribution is 6.03. The minimum Gasteiger partial charge on any atom is -0.507 e. The van der Waals surface area contributed by atoms with E-state index in [1.54, 1.807) is 0 Å². The first-order chi connectivity index (χ1) is 24.8. The number of ether oxygens (including phenoxy) is 5. The van der Waals surface area contributed by atoms with Crippen molar-refractivity contribution in [1.82, 2.24) is 0 Å². The summed E-state index contributed by atoms with van der Waals surface area (Å²) in [5.74, 6) is -6.08. The number of aliphatic hydroxyl groups is 4. The van der Waals surface area contributed by atoms with Gasteiger partial charge in [-0.1, -0.05) is 6.07 Å². The Kier molecular flexibility index (Phi) is 7.70. The molecule has 4 aromatic rings. The van der Waals surface area contributed by atoms with Crippen molar-refractivity contribution in [1.29, 1.82) is 0 Å². The summed E-state index contributed by atoms with van der Waals surface area (Å²) in [5.41, 5.74) is 0.816. The van der Waals surface area contributed by atoms with Crippen LogP contribution in [0.4, 0.5) is 0 Å². The second-order valence-electron chi connectivity index (χ2n) is 13.1. The first-order valence-electron chi connectivity index (χ1n) is 16.1. The zero-order valence-electron chi connectivity index (χ0n) is 26.8. The minimum atomic E-state index is -1.80. The Morgan fingerprint density at radius 1 is 0.731 bits per heavy atom. The van der Waals surface area contributed by atoms with E-state index in [4.69, 9.17) is 23.7 Å². The Balaban J connectivity index is 1.27. The number of hydrogen-bond donors (Lipinski definition) is 10. The second kappa shape index (κ2) is 12.0. The van der Waals surface area contributed by atoms with Gasteiger partial charge in [0.2, 0.25) is 6.29 Å². The van der Waals surface area contributed by atoms with Crippen LogP contribution in [0.5, 0.6) is 57.5 Å². The highest BCUT2D eigenvalue weighted by atomic mass is 16.7. The lowest BCUT2D eigenvalue weighted by Gasteiger charge is -2.47. The monoisotopic (exact) mass is 720 g/mol. The molecule has 1 fully saturated rings. The maximum absolute atomic E-state index is 13.6. The lowest BCUT2D eigenvalue weighted by molar-refractivity contribution is -0.277. The average molecular weight is 721 g/mol. The maximum Gasteiger partial charge on any atom is 0.279 e. The largest absolute Gasteiger partial charge is 0.507 e. The second-order valence-corrected chi connectivity index (χ2v) is 13.1. The molecule has 0 aromatic heterocycles. The zero-order chi connectivity index (χ0) is 36.8. The van der Waals surface area contributed by atoms with E-state index in [0.29, 0.717) is 5.56 Å². The van der Waals surface area contributed by atoms with Gasteiger partial charge in [-0.3, -0.25) is 4.79 Å². The van der Waals surface area contributed by atoms with Gasteiger partial charge in [-0.25, -0.2) is 0 Å². The molecule has 0 saturated carbocycles. The summed E-state index contributed by atoms with van der Waals surface area (Å²) in [6.45, 7) is -0.705. The molecule has 2 bridgehead atoms. The fraction of sp³-hybridized carbons (Fsp3) is 0.306. The molecule has 4 heterocycles. The first kappa shape index (κ1) is 33.5. The van der Waals surface area contributed by atoms with Gasteiger partial charge in [-0.2, -0.15) is 0 Å². The van der Waals surface area contributed by atoms with Crippen LogP contribution in [0.25, 0.3) is 0 Å². The molecule has 272 valence electrons. The number of carbonyl (C=O) groups is 1. The molecule has 4 aliphatic heterocycles. The van der Waals surface area contributed by atoms with Crippen LogP contribution in [-0.2, 0) is 10.5 Å². The van der Waals surface area contributed by atoms with E-state index in [1.165, 1.54) is 54.6 Å². The maximum atomic E-state index is 13.6. The van der Waals surface area contributed by atoms with E-state index < -0.39 is 89.7 Å². The quantitative estimate of drug-likeness (QED) is 0.132. The Bertz CT molecular complexity index is 2110. The highest BCUT2D eigenvalue weighted by Crippen LogP contribution is 2.62. The summed E-state index contributed by atoms with van der Waals surface area (Å²) in [5, 5.41) is 104. The third-order valence-corrected chi connectivity index (χ3v) is 9.87. The van der Waals surface area contributed by atoms with Gasteiger partial charge in [0, 0.05) is 47.2 Å². The van der Waals surface area contributed by atoms with E-state index >= 15 is 0 Å². The molecule has 10 N–H and O–H groups in total. The number of phenols is 6. The van der Waals surface area contributed by atoms with Crippen molar-refractivity contribution in [2.24, 2.45) is 0 Å². The smallest absolute Gasteiger partial charge is 0.279 e. The van der Waals surface area contributed by atoms with Crippen LogP contribution >= 0.6 is 0 Å². The number of carbonyl (C=O) groups excluding carboxylic acids is 1. The lowest BCUT2D eigenvalue weighted by atomic mass is 9.76. The van der Waals surface area contributed by atoms with Crippen molar-refractivity contribution >= 4 is 5.78 Å². The summed E-state index contributed by atoms with van der Waals surface area (Å²) in [4.78, 5) is 13.6. The Morgan fingerprint density at radius 3 is 2.12 bits per heavy atom. The molecule has 0 spiro atoms. The van der Waals surface area contributed by atoms with E-state index in [1.807, 2.05) is 0 Å². The van der Waals surface area contributed by atoms with Gasteiger partial charge < -0.3 is 74.7 Å². The van der Waals surface area contributed by atoms with Gasteiger partial charge in [-0.05, 0) is 35.9 Å². The highest BCUT2D eigenvalue weighted by Gasteiger charge is 2.54. The molecule has 16 nitrogen and oxygen atoms in total. The van der Waals surface area contributed by atoms with Crippen molar-refractivity contribution in [3.63, 3.8) is 0 Å². The number of ketones is 1. The summed E-state index contributed by atoms with van der Waals surface area (Å²) in [7, 11) is 0. The summed E-state index contributed by atoms with van der Waals surface area (Å²) in [6, 6.07) is 11.5. The summed E-state index contributed by atoms with van der Waals surface area (Å²) < 4.78 is 30.5. The molecule has 0 unspecified atom stereocenters. The number of hydrogen-bond acceptors (Lipinski definition) is 16. The van der Waals surface area contributed by atoms with Gasteiger partial charge in [-0.15, -0.1) is 0 Å². The van der Waals surface area contributed by atoms with Gasteiger partial charge in [0.15, 0.2) is 28.8 Å². The van der Waals surface area contributed by atoms with Gasteiger partial charge in [0.1, 0.15) is 70.6 Å². The lowest BCUT2D eigenvalue weighted by Crippen LogP contribution is -2.60.